The number of nitrogens with zero attached hydrogens (tertiary/aromatic N) is 1. The lowest BCUT2D eigenvalue weighted by Crippen LogP contribution is -2.15. The minimum absolute atomic E-state index is 0.100. The lowest BCUT2D eigenvalue weighted by molar-refractivity contribution is -0.00137. The lowest BCUT2D eigenvalue weighted by atomic mass is 10.2. The van der Waals surface area contributed by atoms with Crippen molar-refractivity contribution in [3.05, 3.63) is 29.6 Å². The average Bonchev–Trinajstić information content (AvgIpc) is 2.35. The van der Waals surface area contributed by atoms with Crippen LogP contribution in [0, 0.1) is 0 Å². The van der Waals surface area contributed by atoms with Crippen molar-refractivity contribution >= 4 is 0 Å². The highest BCUT2D eigenvalue weighted by molar-refractivity contribution is 5.13. The molecule has 0 aromatic carbocycles. The van der Waals surface area contributed by atoms with Crippen LogP contribution in [0.15, 0.2) is 18.3 Å². The second-order valence-electron chi connectivity index (χ2n) is 4.02. The summed E-state index contributed by atoms with van der Waals surface area (Å²) in [5.41, 5.74) is 2.15. The maximum absolute atomic E-state index is 5.59. The van der Waals surface area contributed by atoms with E-state index in [2.05, 4.69) is 23.3 Å². The number of aromatic nitrogens is 1. The molecule has 17 heavy (non-hydrogen) atoms. The number of pyridine rings is 1. The van der Waals surface area contributed by atoms with E-state index in [9.17, 15) is 0 Å². The van der Waals surface area contributed by atoms with E-state index in [-0.39, 0.29) is 6.10 Å². The molecule has 4 heteroatoms. The van der Waals surface area contributed by atoms with E-state index in [4.69, 9.17) is 9.47 Å². The van der Waals surface area contributed by atoms with Crippen molar-refractivity contribution in [2.75, 3.05) is 20.3 Å². The molecule has 1 aromatic rings. The van der Waals surface area contributed by atoms with E-state index in [0.29, 0.717) is 13.2 Å². The Morgan fingerprint density at radius 1 is 1.41 bits per heavy atom. The van der Waals surface area contributed by atoms with Gasteiger partial charge in [0.15, 0.2) is 0 Å². The van der Waals surface area contributed by atoms with Crippen molar-refractivity contribution in [3.63, 3.8) is 0 Å². The zero-order chi connectivity index (χ0) is 12.5. The molecule has 0 saturated heterocycles. The Morgan fingerprint density at radius 2 is 2.24 bits per heavy atom. The van der Waals surface area contributed by atoms with Gasteiger partial charge in [-0.1, -0.05) is 13.0 Å². The van der Waals surface area contributed by atoms with Crippen LogP contribution in [0.1, 0.15) is 25.1 Å². The summed E-state index contributed by atoms with van der Waals surface area (Å²) < 4.78 is 10.6. The summed E-state index contributed by atoms with van der Waals surface area (Å²) in [7, 11) is 1.67. The predicted octanol–water partition coefficient (Wildman–Crippen LogP) is 1.74. The van der Waals surface area contributed by atoms with E-state index in [1.165, 1.54) is 5.56 Å². The van der Waals surface area contributed by atoms with Crippen LogP contribution in [-0.4, -0.2) is 31.3 Å². The molecule has 1 N–H and O–H groups in total. The van der Waals surface area contributed by atoms with E-state index >= 15 is 0 Å². The Labute approximate surface area is 103 Å². The topological polar surface area (TPSA) is 43.4 Å². The van der Waals surface area contributed by atoms with Gasteiger partial charge in [-0.3, -0.25) is 4.98 Å². The minimum Gasteiger partial charge on any atom is -0.382 e. The molecule has 0 saturated carbocycles. The first-order valence-electron chi connectivity index (χ1n) is 6.01. The van der Waals surface area contributed by atoms with Crippen LogP contribution in [0.25, 0.3) is 0 Å². The molecule has 0 spiro atoms. The second kappa shape index (κ2) is 8.17. The van der Waals surface area contributed by atoms with Gasteiger partial charge in [0.25, 0.3) is 0 Å². The van der Waals surface area contributed by atoms with Crippen LogP contribution >= 0.6 is 0 Å². The van der Waals surface area contributed by atoms with Gasteiger partial charge < -0.3 is 14.8 Å². The van der Waals surface area contributed by atoms with Crippen LogP contribution in [0.5, 0.6) is 0 Å². The molecule has 0 bridgehead atoms. The lowest BCUT2D eigenvalue weighted by Gasteiger charge is -2.11. The quantitative estimate of drug-likeness (QED) is 0.749. The molecule has 0 aliphatic carbocycles. The molecule has 96 valence electrons. The number of methoxy groups -OCH3 is 1. The summed E-state index contributed by atoms with van der Waals surface area (Å²) in [5, 5.41) is 3.26. The molecule has 1 atom stereocenters. The van der Waals surface area contributed by atoms with Gasteiger partial charge in [-0.2, -0.15) is 0 Å². The smallest absolute Gasteiger partial charge is 0.0892 e. The third-order valence-corrected chi connectivity index (χ3v) is 2.38. The molecule has 0 aliphatic heterocycles. The minimum atomic E-state index is 0.100. The molecule has 1 aromatic heterocycles. The summed E-state index contributed by atoms with van der Waals surface area (Å²) in [5.74, 6) is 0. The average molecular weight is 238 g/mol. The third kappa shape index (κ3) is 5.77. The van der Waals surface area contributed by atoms with Crippen LogP contribution in [0.2, 0.25) is 0 Å². The van der Waals surface area contributed by atoms with Crippen molar-refractivity contribution in [3.8, 4) is 0 Å². The van der Waals surface area contributed by atoms with Crippen molar-refractivity contribution in [2.45, 2.75) is 33.1 Å². The Balaban J connectivity index is 2.34. The number of nitrogens with one attached hydrogen (secondary N) is 1. The van der Waals surface area contributed by atoms with Crippen LogP contribution in [-0.2, 0) is 22.6 Å². The molecule has 4 nitrogen and oxygen atoms in total. The molecule has 1 heterocycles. The Bertz CT molecular complexity index is 301. The highest BCUT2D eigenvalue weighted by Gasteiger charge is 2.02. The first-order chi connectivity index (χ1) is 8.26. The van der Waals surface area contributed by atoms with E-state index in [0.717, 1.165) is 18.8 Å². The molecule has 0 radical (unpaired) electrons. The summed E-state index contributed by atoms with van der Waals surface area (Å²) in [6.45, 7) is 7.06. The first kappa shape index (κ1) is 14.1. The highest BCUT2D eigenvalue weighted by Crippen LogP contribution is 2.03. The van der Waals surface area contributed by atoms with Crippen molar-refractivity contribution in [1.82, 2.24) is 10.3 Å². The van der Waals surface area contributed by atoms with Gasteiger partial charge in [-0.05, 0) is 25.1 Å². The zero-order valence-corrected chi connectivity index (χ0v) is 10.9. The molecule has 0 aliphatic rings. The largest absolute Gasteiger partial charge is 0.382 e. The molecule has 0 amide bonds. The summed E-state index contributed by atoms with van der Waals surface area (Å²) >= 11 is 0. The van der Waals surface area contributed by atoms with Crippen LogP contribution in [0.4, 0.5) is 0 Å². The molecule has 1 unspecified atom stereocenters. The van der Waals surface area contributed by atoms with E-state index in [1.54, 1.807) is 7.11 Å². The maximum Gasteiger partial charge on any atom is 0.0892 e. The predicted molar refractivity (Wildman–Crippen MR) is 67.7 cm³/mol. The molecule has 0 fully saturated rings. The van der Waals surface area contributed by atoms with E-state index < -0.39 is 0 Å². The van der Waals surface area contributed by atoms with Gasteiger partial charge in [-0.15, -0.1) is 0 Å². The summed E-state index contributed by atoms with van der Waals surface area (Å²) in [6.07, 6.45) is 1.99. The summed E-state index contributed by atoms with van der Waals surface area (Å²) in [4.78, 5) is 4.36. The molecule has 1 rings (SSSR count). The first-order valence-corrected chi connectivity index (χ1v) is 6.01. The SMILES string of the molecule is CCNCc1ccc(COC(C)COC)nc1. The van der Waals surface area contributed by atoms with Crippen LogP contribution in [0.3, 0.4) is 0 Å². The summed E-state index contributed by atoms with van der Waals surface area (Å²) in [6, 6.07) is 4.08. The second-order valence-corrected chi connectivity index (χ2v) is 4.02. The fourth-order valence-electron chi connectivity index (χ4n) is 1.42. The fourth-order valence-corrected chi connectivity index (χ4v) is 1.42. The highest BCUT2D eigenvalue weighted by atomic mass is 16.5. The van der Waals surface area contributed by atoms with Crippen molar-refractivity contribution in [1.29, 1.82) is 0 Å². The fraction of sp³-hybridized carbons (Fsp3) is 0.615. The zero-order valence-electron chi connectivity index (χ0n) is 10.9. The maximum atomic E-state index is 5.59. The molecular formula is C13H22N2O2. The van der Waals surface area contributed by atoms with Crippen molar-refractivity contribution in [2.24, 2.45) is 0 Å². The van der Waals surface area contributed by atoms with Gasteiger partial charge in [0, 0.05) is 19.9 Å². The number of rotatable bonds is 8. The number of hydrogen-bond donors (Lipinski definition) is 1. The van der Waals surface area contributed by atoms with Gasteiger partial charge >= 0.3 is 0 Å². The van der Waals surface area contributed by atoms with Gasteiger partial charge in [0.2, 0.25) is 0 Å². The van der Waals surface area contributed by atoms with Crippen molar-refractivity contribution < 1.29 is 9.47 Å². The standard InChI is InChI=1S/C13H22N2O2/c1-4-14-7-12-5-6-13(15-8-12)10-17-11(2)9-16-3/h5-6,8,11,14H,4,7,9-10H2,1-3H3. The third-order valence-electron chi connectivity index (χ3n) is 2.38. The normalized spacial score (nSPS) is 12.6. The van der Waals surface area contributed by atoms with Gasteiger partial charge in [0.1, 0.15) is 0 Å². The Morgan fingerprint density at radius 3 is 2.82 bits per heavy atom. The Hall–Kier alpha value is -0.970. The molecular weight excluding hydrogens is 216 g/mol. The number of hydrogen-bond acceptors (Lipinski definition) is 4. The van der Waals surface area contributed by atoms with E-state index in [1.807, 2.05) is 19.2 Å². The number of ether oxygens (including phenoxy) is 2. The monoisotopic (exact) mass is 238 g/mol. The van der Waals surface area contributed by atoms with Gasteiger partial charge in [-0.25, -0.2) is 0 Å². The Kier molecular flexibility index (Phi) is 6.77. The van der Waals surface area contributed by atoms with Gasteiger partial charge in [0.05, 0.1) is 25.0 Å². The van der Waals surface area contributed by atoms with Crippen LogP contribution < -0.4 is 5.32 Å².